The van der Waals surface area contributed by atoms with Crippen LogP contribution in [-0.2, 0) is 126 Å². The molecule has 744 valence electrons. The number of rotatable bonds is 32. The van der Waals surface area contributed by atoms with Crippen LogP contribution in [0.3, 0.4) is 0 Å². The van der Waals surface area contributed by atoms with Gasteiger partial charge in [0.15, 0.2) is 81.5 Å². The number of hydrogen-bond donors (Lipinski definition) is 30. The Labute approximate surface area is 724 Å². The summed E-state index contributed by atoms with van der Waals surface area (Å²) in [6.45, 7) is -0.0923. The fourth-order valence-corrected chi connectivity index (χ4v) is 23.9. The van der Waals surface area contributed by atoms with Crippen LogP contribution in [0.15, 0.2) is 34.9 Å². The number of nitrogens with zero attached hydrogens (tertiary/aromatic N) is 14. The Morgan fingerprint density at radius 3 is 0.818 bits per heavy atom. The van der Waals surface area contributed by atoms with Crippen molar-refractivity contribution in [1.29, 1.82) is 0 Å². The summed E-state index contributed by atoms with van der Waals surface area (Å²) in [7, 11) is -67.4. The molecule has 8 aromatic rings. The predicted molar refractivity (Wildman–Crippen MR) is 413 cm³/mol. The van der Waals surface area contributed by atoms with Gasteiger partial charge >= 0.3 is 93.9 Å². The molecule has 0 bridgehead atoms. The summed E-state index contributed by atoms with van der Waals surface area (Å²) in [5.41, 5.74) is 22.1. The number of anilines is 6. The number of H-pyrrole nitrogens is 2. The van der Waals surface area contributed by atoms with Crippen molar-refractivity contribution in [3.63, 3.8) is 0 Å². The minimum absolute atomic E-state index is 0.0333. The zero-order valence-electron chi connectivity index (χ0n) is 65.0. The first-order valence-corrected chi connectivity index (χ1v) is 52.0. The van der Waals surface area contributed by atoms with Crippen molar-refractivity contribution in [2.45, 2.75) is 124 Å². The molecule has 0 amide bonds. The lowest BCUT2D eigenvalue weighted by molar-refractivity contribution is -0.0949. The molecular weight excluding hydrogens is 2080 g/mol. The maximum absolute atomic E-state index is 15.3. The number of phosphoric acid groups is 12. The predicted octanol–water partition coefficient (Wildman–Crippen LogP) is -5.25. The first-order valence-electron chi connectivity index (χ1n) is 33.9. The lowest BCUT2D eigenvalue weighted by atomic mass is 9.96. The summed E-state index contributed by atoms with van der Waals surface area (Å²) in [6, 6.07) is 0. The summed E-state index contributed by atoms with van der Waals surface area (Å²) in [6.07, 6.45) is -15.9. The minimum atomic E-state index is -5.77. The van der Waals surface area contributed by atoms with E-state index in [1.807, 2.05) is 0 Å². The highest BCUT2D eigenvalue weighted by Gasteiger charge is 2.60. The van der Waals surface area contributed by atoms with Crippen molar-refractivity contribution >= 4 is 174 Å². The summed E-state index contributed by atoms with van der Waals surface area (Å²) >= 11 is 0. The Morgan fingerprint density at radius 1 is 0.348 bits per heavy atom. The number of fused-ring (bicyclic) bond motifs is 4. The highest BCUT2D eigenvalue weighted by molar-refractivity contribution is 7.68. The number of aliphatic hydroxyl groups excluding tert-OH is 4. The molecule has 12 heterocycles. The molecule has 0 saturated carbocycles. The topological polar surface area (TPSA) is 1170 Å². The second-order valence-electron chi connectivity index (χ2n) is 27.3. The third-order valence-corrected chi connectivity index (χ3v) is 32.3. The van der Waals surface area contributed by atoms with Crippen LogP contribution in [-0.4, -0.2) is 285 Å². The first kappa shape index (κ1) is 109. The number of ether oxygens (including phenoxy) is 4. The molecule has 36 N–H and O–H groups in total. The summed E-state index contributed by atoms with van der Waals surface area (Å²) in [5, 5.41) is 62.9. The molecule has 0 aliphatic carbocycles. The zero-order valence-corrected chi connectivity index (χ0v) is 75.7. The van der Waals surface area contributed by atoms with E-state index >= 15 is 8.78 Å². The molecule has 12 rings (SSSR count). The first-order chi connectivity index (χ1) is 59.7. The maximum Gasteiger partial charge on any atom is 0.490 e. The largest absolute Gasteiger partial charge is 0.490 e. The molecule has 0 spiro atoms. The van der Waals surface area contributed by atoms with E-state index in [1.54, 1.807) is 0 Å². The zero-order chi connectivity index (χ0) is 99.9. The van der Waals surface area contributed by atoms with Crippen LogP contribution < -0.4 is 45.5 Å². The van der Waals surface area contributed by atoms with E-state index in [1.165, 1.54) is 0 Å². The molecule has 74 nitrogen and oxygen atoms in total. The number of nitrogens with one attached hydrogen (secondary N) is 2. The van der Waals surface area contributed by atoms with Gasteiger partial charge in [0.05, 0.1) is 51.7 Å². The molecule has 12 unspecified atom stereocenters. The van der Waals surface area contributed by atoms with Gasteiger partial charge in [-0.15, -0.1) is 0 Å². The maximum atomic E-state index is 15.3. The average molecular weight is 2150 g/mol. The van der Waals surface area contributed by atoms with Crippen molar-refractivity contribution in [3.8, 4) is 0 Å². The number of alkyl halides is 2. The molecule has 4 aliphatic rings. The fraction of sp³-hybridized carbons (Fsp3) is 0.545. The van der Waals surface area contributed by atoms with Gasteiger partial charge in [-0.25, -0.2) is 83.5 Å². The fourth-order valence-electron chi connectivity index (χ4n) is 11.8. The number of halogens is 2. The standard InChI is InChI=1S/C11H18FN6O12P3.C11H17FN5O13P3.C11H19N6O13P3.C11H18N5O14P3/c1-11(12)6(19)4(2-27-32(23,24)30-33(25,26)29-31(20,21)22)28-9(11)18-3-15-5-7(13)16-10(14)17-8(5)18;1-11(12)6(18)4(2-27-32(23,24)30-33(25,26)29-31(20,21)22)28-9(11)17-3-14-5-7(17)15-10(13)16-8(5)19;1-11(19)6(18)4(2-27-32(23,24)30-33(25,26)29-31(20,21)22)28-9(11)17-3-14-5-7(12)15-10(13)16-8(5)17;1-11(19)6(17)4(2-27-32(23,24)30-33(25,26)29-31(20,21)22)28-9(11)16-3-13-5-7(16)14-10(12)15-8(5)18/h3-4,6,9,19H,2H2,1H3,(H,23,24)(H,25,26)(H2,20,21,22)(H4,13,14,16,17);3-4,6,9,18H,2H2,1H3,(H,23,24)(H,25,26)(H2,20,21,22)(H3,13,15,16,19);3-4,6,9,18-19H,2H2,1H3,(H,23,24)(H,25,26)(H2,20,21,22)(H4,12,13,15,16);3-4,6,9,17,19H,2H2,1H3,(H,23,24)(H,25,26)(H2,20,21,22)(H3,12,14,15,18)/t4*4-,6+,9-,11?/m1111/s1. The van der Waals surface area contributed by atoms with Crippen molar-refractivity contribution in [2.24, 2.45) is 0 Å². The van der Waals surface area contributed by atoms with Crippen molar-refractivity contribution in [1.82, 2.24) is 78.1 Å². The number of hydrogen-bond acceptors (Lipinski definition) is 52. The molecule has 4 saturated heterocycles. The molecule has 24 atom stereocenters. The molecular formula is C44H72F2N22O52P12. The lowest BCUT2D eigenvalue weighted by Crippen LogP contribution is -2.44. The number of nitrogen functional groups attached to an aromatic ring is 6. The Balaban J connectivity index is 0.000000198. The molecule has 132 heavy (non-hydrogen) atoms. The van der Waals surface area contributed by atoms with Crippen LogP contribution in [0.4, 0.5) is 44.2 Å². The van der Waals surface area contributed by atoms with Gasteiger partial charge in [0.2, 0.25) is 23.8 Å². The SMILES string of the molecule is CC1(F)[C@@H](O)[C@@H](COP(=O)(O)OP(=O)(O)OP(=O)(O)O)O[C@H]1n1cnc2c(=O)[nH]c(N)nc21.CC1(F)[C@@H](O)[C@@H](COP(=O)(O)OP(=O)(O)OP(=O)(O)O)O[C@H]1n1cnc2c(N)nc(N)nc21.CC1(O)[C@@H](O)[C@@H](COP(=O)(O)OP(=O)(O)OP(=O)(O)O)O[C@H]1n1cnc2c(=O)[nH]c(N)nc21.CC1(O)[C@@H](O)[C@@H](COP(=O)(O)OP(=O)(O)OP(=O)(O)O)O[C@H]1n1cnc2c(N)nc(N)nc21. The van der Waals surface area contributed by atoms with Crippen LogP contribution >= 0.6 is 93.9 Å². The monoisotopic (exact) mass is 2150 g/mol. The molecule has 4 aliphatic heterocycles. The molecule has 8 aromatic heterocycles. The van der Waals surface area contributed by atoms with Crippen LogP contribution in [0.2, 0.25) is 0 Å². The van der Waals surface area contributed by atoms with Crippen molar-refractivity contribution in [3.05, 3.63) is 46.0 Å². The van der Waals surface area contributed by atoms with Crippen LogP contribution in [0.1, 0.15) is 52.6 Å². The van der Waals surface area contributed by atoms with Crippen molar-refractivity contribution < 1.29 is 244 Å². The smallest absolute Gasteiger partial charge is 0.387 e. The van der Waals surface area contributed by atoms with E-state index in [2.05, 4.69) is 112 Å². The number of aromatic amines is 2. The van der Waals surface area contributed by atoms with Gasteiger partial charge in [0.25, 0.3) is 11.1 Å². The second-order valence-corrected chi connectivity index (χ2v) is 45.0. The van der Waals surface area contributed by atoms with Crippen molar-refractivity contribution in [2.75, 3.05) is 60.8 Å². The van der Waals surface area contributed by atoms with E-state index in [0.29, 0.717) is 0 Å². The summed E-state index contributed by atoms with van der Waals surface area (Å²) < 4.78 is 238. The van der Waals surface area contributed by atoms with Crippen LogP contribution in [0.5, 0.6) is 0 Å². The summed E-state index contributed by atoms with van der Waals surface area (Å²) in [4.78, 5) is 210. The lowest BCUT2D eigenvalue weighted by Gasteiger charge is -2.27. The quantitative estimate of drug-likeness (QED) is 0.0175. The van der Waals surface area contributed by atoms with E-state index in [4.69, 9.17) is 112 Å². The van der Waals surface area contributed by atoms with Crippen LogP contribution in [0.25, 0.3) is 44.7 Å². The highest BCUT2D eigenvalue weighted by Crippen LogP contribution is 2.70. The van der Waals surface area contributed by atoms with E-state index in [9.17, 15) is 115 Å². The second kappa shape index (κ2) is 38.8. The number of aliphatic hydroxyl groups is 6. The molecule has 88 heteroatoms. The van der Waals surface area contributed by atoms with Gasteiger partial charge in [-0.1, -0.05) is 0 Å². The highest BCUT2D eigenvalue weighted by atomic mass is 31.3. The molecule has 4 fully saturated rings. The number of aromatic nitrogens is 16. The summed E-state index contributed by atoms with van der Waals surface area (Å²) in [5.74, 6) is -1.26. The van der Waals surface area contributed by atoms with Gasteiger partial charge in [0.1, 0.15) is 71.1 Å². The van der Waals surface area contributed by atoms with Gasteiger partial charge in [-0.3, -0.25) is 55.9 Å². The Kier molecular flexibility index (Phi) is 32.2. The van der Waals surface area contributed by atoms with Gasteiger partial charge in [-0.2, -0.15) is 64.4 Å². The van der Waals surface area contributed by atoms with Gasteiger partial charge in [-0.05, 0) is 27.7 Å². The van der Waals surface area contributed by atoms with Crippen LogP contribution in [0, 0.1) is 0 Å². The Morgan fingerprint density at radius 2 is 0.568 bits per heavy atom. The minimum Gasteiger partial charge on any atom is -0.387 e. The van der Waals surface area contributed by atoms with Gasteiger partial charge < -0.3 is 162 Å². The number of nitrogens with two attached hydrogens (primary N) is 6. The van der Waals surface area contributed by atoms with E-state index in [0.717, 1.165) is 71.3 Å². The number of imidazole rings is 4. The molecule has 0 radical (unpaired) electrons. The number of phosphoric ester groups is 4. The van der Waals surface area contributed by atoms with Gasteiger partial charge in [0, 0.05) is 0 Å². The average Bonchev–Trinajstić information content (AvgIpc) is 1.61. The third-order valence-electron chi connectivity index (χ3n) is 17.1. The molecule has 0 aromatic carbocycles. The Bertz CT molecular complexity index is 6040. The third kappa shape index (κ3) is 27.2. The Hall–Kier alpha value is -6.30. The van der Waals surface area contributed by atoms with E-state index < -0.39 is 228 Å². The van der Waals surface area contributed by atoms with E-state index in [-0.39, 0.29) is 80.1 Å². The normalized spacial score (nSPS) is 29.7.